The van der Waals surface area contributed by atoms with Crippen LogP contribution in [0.25, 0.3) is 0 Å². The first kappa shape index (κ1) is 22.5. The lowest BCUT2D eigenvalue weighted by atomic mass is 9.94. The number of benzene rings is 1. The van der Waals surface area contributed by atoms with Crippen LogP contribution in [0, 0.1) is 20.8 Å². The van der Waals surface area contributed by atoms with Crippen molar-refractivity contribution in [2.75, 3.05) is 13.7 Å². The van der Waals surface area contributed by atoms with Crippen LogP contribution in [-0.2, 0) is 27.3 Å². The average molecular weight is 400 g/mol. The molecule has 0 saturated heterocycles. The SMILES string of the molecule is [CH2]C([CH2])OC(=O)CC/C(C)=C/Cc1c(OC)c(C)c2c(c1OCC=C)C(=O)OC2. The number of fused-ring (bicyclic) bond motifs is 1. The number of rotatable bonds is 10. The van der Waals surface area contributed by atoms with E-state index in [1.54, 1.807) is 13.2 Å². The minimum absolute atomic E-state index is 0.206. The molecule has 1 aromatic rings. The van der Waals surface area contributed by atoms with E-state index in [0.29, 0.717) is 29.9 Å². The van der Waals surface area contributed by atoms with Gasteiger partial charge in [-0.15, -0.1) is 0 Å². The van der Waals surface area contributed by atoms with E-state index in [-0.39, 0.29) is 25.6 Å². The number of hydrogen-bond donors (Lipinski definition) is 0. The van der Waals surface area contributed by atoms with E-state index in [1.165, 1.54) is 0 Å². The van der Waals surface area contributed by atoms with Crippen LogP contribution in [0.3, 0.4) is 0 Å². The Morgan fingerprint density at radius 3 is 2.62 bits per heavy atom. The molecule has 0 fully saturated rings. The molecule has 1 heterocycles. The summed E-state index contributed by atoms with van der Waals surface area (Å²) in [7, 11) is 1.59. The van der Waals surface area contributed by atoms with Gasteiger partial charge < -0.3 is 18.9 Å². The zero-order valence-corrected chi connectivity index (χ0v) is 17.3. The van der Waals surface area contributed by atoms with Gasteiger partial charge in [-0.1, -0.05) is 24.3 Å². The molecule has 0 spiro atoms. The number of carbonyl (C=O) groups is 2. The third-order valence-electron chi connectivity index (χ3n) is 4.65. The summed E-state index contributed by atoms with van der Waals surface area (Å²) in [5.74, 6) is 0.397. The molecule has 2 rings (SSSR count). The van der Waals surface area contributed by atoms with Crippen LogP contribution < -0.4 is 9.47 Å². The summed E-state index contributed by atoms with van der Waals surface area (Å²) >= 11 is 0. The molecule has 156 valence electrons. The molecule has 29 heavy (non-hydrogen) atoms. The van der Waals surface area contributed by atoms with Crippen molar-refractivity contribution >= 4 is 11.9 Å². The Hall–Kier alpha value is -2.76. The van der Waals surface area contributed by atoms with Crippen LogP contribution in [0.4, 0.5) is 0 Å². The number of carbonyl (C=O) groups excluding carboxylic acids is 2. The fraction of sp³-hybridized carbons (Fsp3) is 0.391. The number of esters is 2. The van der Waals surface area contributed by atoms with Crippen LogP contribution in [0.2, 0.25) is 0 Å². The highest BCUT2D eigenvalue weighted by atomic mass is 16.5. The molecule has 0 bridgehead atoms. The predicted octanol–water partition coefficient (Wildman–Crippen LogP) is 4.09. The molecule has 0 aromatic heterocycles. The van der Waals surface area contributed by atoms with E-state index < -0.39 is 12.1 Å². The van der Waals surface area contributed by atoms with Crippen LogP contribution >= 0.6 is 0 Å². The van der Waals surface area contributed by atoms with Crippen molar-refractivity contribution in [1.29, 1.82) is 0 Å². The quantitative estimate of drug-likeness (QED) is 0.435. The van der Waals surface area contributed by atoms with Crippen molar-refractivity contribution in [2.45, 2.75) is 45.8 Å². The molecule has 0 unspecified atom stereocenters. The van der Waals surface area contributed by atoms with Crippen molar-refractivity contribution in [3.8, 4) is 11.5 Å². The molecule has 1 aliphatic rings. The minimum atomic E-state index is -0.616. The lowest BCUT2D eigenvalue weighted by Crippen LogP contribution is -2.11. The standard InChI is InChI=1S/C23H28O6/c1-7-12-27-22-17(10-8-15(4)9-11-19(24)29-14(2)3)21(26-6)16(5)18-13-28-23(25)20(18)22/h7-8,14H,1-3,9-13H2,4-6H3/b15-8+. The Bertz CT molecular complexity index is 819. The number of cyclic esters (lactones) is 1. The number of hydrogen-bond acceptors (Lipinski definition) is 6. The third kappa shape index (κ3) is 5.40. The fourth-order valence-electron chi connectivity index (χ4n) is 3.23. The summed E-state index contributed by atoms with van der Waals surface area (Å²) in [5.41, 5.74) is 3.87. The molecule has 0 atom stereocenters. The van der Waals surface area contributed by atoms with E-state index in [1.807, 2.05) is 19.9 Å². The molecule has 1 aromatic carbocycles. The molecule has 0 saturated carbocycles. The van der Waals surface area contributed by atoms with Crippen molar-refractivity contribution in [2.24, 2.45) is 0 Å². The topological polar surface area (TPSA) is 71.1 Å². The second kappa shape index (κ2) is 10.1. The summed E-state index contributed by atoms with van der Waals surface area (Å²) < 4.78 is 21.7. The molecular formula is C23H28O6. The Labute approximate surface area is 172 Å². The summed E-state index contributed by atoms with van der Waals surface area (Å²) in [6.45, 7) is 15.0. The van der Waals surface area contributed by atoms with Crippen molar-refractivity contribution < 1.29 is 28.5 Å². The second-order valence-corrected chi connectivity index (χ2v) is 6.86. The molecule has 0 N–H and O–H groups in total. The van der Waals surface area contributed by atoms with Gasteiger partial charge in [0.05, 0.1) is 7.11 Å². The minimum Gasteiger partial charge on any atom is -0.496 e. The summed E-state index contributed by atoms with van der Waals surface area (Å²) in [4.78, 5) is 24.0. The predicted molar refractivity (Wildman–Crippen MR) is 110 cm³/mol. The Balaban J connectivity index is 2.32. The van der Waals surface area contributed by atoms with E-state index in [4.69, 9.17) is 18.9 Å². The highest BCUT2D eigenvalue weighted by Crippen LogP contribution is 2.42. The number of methoxy groups -OCH3 is 1. The molecule has 2 radical (unpaired) electrons. The molecule has 6 heteroatoms. The third-order valence-corrected chi connectivity index (χ3v) is 4.65. The maximum Gasteiger partial charge on any atom is 0.342 e. The molecule has 0 aliphatic carbocycles. The second-order valence-electron chi connectivity index (χ2n) is 6.86. The largest absolute Gasteiger partial charge is 0.496 e. The smallest absolute Gasteiger partial charge is 0.342 e. The lowest BCUT2D eigenvalue weighted by molar-refractivity contribution is -0.145. The maximum absolute atomic E-state index is 12.3. The highest BCUT2D eigenvalue weighted by Gasteiger charge is 2.32. The van der Waals surface area contributed by atoms with Crippen molar-refractivity contribution in [3.63, 3.8) is 0 Å². The van der Waals surface area contributed by atoms with Gasteiger partial charge in [0.25, 0.3) is 0 Å². The maximum atomic E-state index is 12.3. The number of allylic oxidation sites excluding steroid dienone is 2. The van der Waals surface area contributed by atoms with E-state index in [0.717, 1.165) is 22.3 Å². The molecule has 0 amide bonds. The van der Waals surface area contributed by atoms with E-state index in [2.05, 4.69) is 20.4 Å². The highest BCUT2D eigenvalue weighted by molar-refractivity contribution is 5.98. The van der Waals surface area contributed by atoms with Crippen molar-refractivity contribution in [1.82, 2.24) is 0 Å². The molecular weight excluding hydrogens is 372 g/mol. The summed E-state index contributed by atoms with van der Waals surface area (Å²) in [6.07, 6.45) is 4.26. The first-order valence-electron chi connectivity index (χ1n) is 9.44. The molecule has 6 nitrogen and oxygen atoms in total. The lowest BCUT2D eigenvalue weighted by Gasteiger charge is -2.19. The fourth-order valence-corrected chi connectivity index (χ4v) is 3.23. The first-order chi connectivity index (χ1) is 13.8. The monoisotopic (exact) mass is 400 g/mol. The Morgan fingerprint density at radius 2 is 2.00 bits per heavy atom. The van der Waals surface area contributed by atoms with E-state index in [9.17, 15) is 9.59 Å². The zero-order chi connectivity index (χ0) is 21.6. The van der Waals surface area contributed by atoms with Gasteiger partial charge in [-0.3, -0.25) is 4.79 Å². The normalized spacial score (nSPS) is 13.2. The molecule has 1 aliphatic heterocycles. The van der Waals surface area contributed by atoms with Gasteiger partial charge >= 0.3 is 11.9 Å². The van der Waals surface area contributed by atoms with Gasteiger partial charge in [-0.25, -0.2) is 4.79 Å². The first-order valence-corrected chi connectivity index (χ1v) is 9.44. The Morgan fingerprint density at radius 1 is 1.28 bits per heavy atom. The van der Waals surface area contributed by atoms with Crippen LogP contribution in [0.5, 0.6) is 11.5 Å². The summed E-state index contributed by atoms with van der Waals surface area (Å²) in [6, 6.07) is 0. The average Bonchev–Trinajstić information content (AvgIpc) is 3.05. The van der Waals surface area contributed by atoms with Crippen molar-refractivity contribution in [3.05, 3.63) is 60.4 Å². The number of ether oxygens (including phenoxy) is 4. The van der Waals surface area contributed by atoms with Gasteiger partial charge in [-0.05, 0) is 46.1 Å². The van der Waals surface area contributed by atoms with Gasteiger partial charge in [0.2, 0.25) is 0 Å². The van der Waals surface area contributed by atoms with Gasteiger partial charge in [0.1, 0.15) is 36.4 Å². The van der Waals surface area contributed by atoms with Gasteiger partial charge in [0, 0.05) is 17.5 Å². The van der Waals surface area contributed by atoms with Crippen LogP contribution in [0.15, 0.2) is 24.3 Å². The van der Waals surface area contributed by atoms with Gasteiger partial charge in [-0.2, -0.15) is 0 Å². The van der Waals surface area contributed by atoms with E-state index >= 15 is 0 Å². The van der Waals surface area contributed by atoms with Gasteiger partial charge in [0.15, 0.2) is 0 Å². The zero-order valence-electron chi connectivity index (χ0n) is 17.3. The Kier molecular flexibility index (Phi) is 7.88. The van der Waals surface area contributed by atoms with Crippen LogP contribution in [-0.4, -0.2) is 31.8 Å². The summed E-state index contributed by atoms with van der Waals surface area (Å²) in [5, 5.41) is 0. The van der Waals surface area contributed by atoms with Crippen LogP contribution in [0.1, 0.15) is 46.8 Å².